The number of likely N-dealkylation sites (tertiary alicyclic amines) is 1. The quantitative estimate of drug-likeness (QED) is 0.445. The van der Waals surface area contributed by atoms with E-state index in [1.165, 1.54) is 32.1 Å². The molecule has 1 saturated heterocycles. The number of allylic oxidation sites excluding steroid dienone is 1. The van der Waals surface area contributed by atoms with Gasteiger partial charge in [0.25, 0.3) is 0 Å². The van der Waals surface area contributed by atoms with Crippen LogP contribution in [0.3, 0.4) is 0 Å². The summed E-state index contributed by atoms with van der Waals surface area (Å²) in [4.78, 5) is 16.7. The van der Waals surface area contributed by atoms with Gasteiger partial charge in [-0.15, -0.1) is 0 Å². The standard InChI is InChI=1S/C19H36N2O/c1-4-7-8-9-10-11-12-13-19(22)21-16-14-18(15-17-21)20(5-2)6-3/h12-13,18H,4-11,14-17H2,1-3H3/b13-12+. The molecule has 1 heterocycles. The van der Waals surface area contributed by atoms with Gasteiger partial charge in [0.15, 0.2) is 0 Å². The van der Waals surface area contributed by atoms with Crippen molar-refractivity contribution in [2.45, 2.75) is 78.2 Å². The summed E-state index contributed by atoms with van der Waals surface area (Å²) in [6.45, 7) is 10.8. The lowest BCUT2D eigenvalue weighted by Crippen LogP contribution is -2.46. The molecule has 3 nitrogen and oxygen atoms in total. The molecular formula is C19H36N2O. The molecule has 22 heavy (non-hydrogen) atoms. The zero-order chi connectivity index (χ0) is 16.2. The molecule has 1 fully saturated rings. The molecule has 0 aromatic heterocycles. The van der Waals surface area contributed by atoms with Crippen molar-refractivity contribution >= 4 is 5.91 Å². The van der Waals surface area contributed by atoms with E-state index in [0.29, 0.717) is 6.04 Å². The van der Waals surface area contributed by atoms with E-state index in [4.69, 9.17) is 0 Å². The third-order valence-electron chi connectivity index (χ3n) is 4.84. The minimum Gasteiger partial charge on any atom is -0.339 e. The fraction of sp³-hybridized carbons (Fsp3) is 0.842. The molecule has 0 saturated carbocycles. The first-order chi connectivity index (χ1) is 10.7. The molecular weight excluding hydrogens is 272 g/mol. The van der Waals surface area contributed by atoms with E-state index >= 15 is 0 Å². The van der Waals surface area contributed by atoms with Crippen molar-refractivity contribution in [2.24, 2.45) is 0 Å². The van der Waals surface area contributed by atoms with Gasteiger partial charge in [-0.25, -0.2) is 0 Å². The largest absolute Gasteiger partial charge is 0.339 e. The second-order valence-electron chi connectivity index (χ2n) is 6.38. The number of hydrogen-bond donors (Lipinski definition) is 0. The van der Waals surface area contributed by atoms with Crippen LogP contribution in [0.25, 0.3) is 0 Å². The van der Waals surface area contributed by atoms with Crippen LogP contribution in [0, 0.1) is 0 Å². The van der Waals surface area contributed by atoms with Crippen molar-refractivity contribution in [3.63, 3.8) is 0 Å². The fourth-order valence-corrected chi connectivity index (χ4v) is 3.35. The third-order valence-corrected chi connectivity index (χ3v) is 4.84. The molecule has 1 aliphatic heterocycles. The molecule has 1 amide bonds. The summed E-state index contributed by atoms with van der Waals surface area (Å²) in [5.74, 6) is 0.214. The first-order valence-corrected chi connectivity index (χ1v) is 9.42. The highest BCUT2D eigenvalue weighted by Gasteiger charge is 2.24. The van der Waals surface area contributed by atoms with Crippen LogP contribution in [0.15, 0.2) is 12.2 Å². The number of carbonyl (C=O) groups excluding carboxylic acids is 1. The lowest BCUT2D eigenvalue weighted by molar-refractivity contribution is -0.127. The van der Waals surface area contributed by atoms with Crippen molar-refractivity contribution < 1.29 is 4.79 Å². The maximum atomic E-state index is 12.2. The van der Waals surface area contributed by atoms with Crippen LogP contribution in [0.2, 0.25) is 0 Å². The summed E-state index contributed by atoms with van der Waals surface area (Å²) >= 11 is 0. The first kappa shape index (κ1) is 19.2. The lowest BCUT2D eigenvalue weighted by Gasteiger charge is -2.37. The Balaban J connectivity index is 2.19. The second-order valence-corrected chi connectivity index (χ2v) is 6.38. The summed E-state index contributed by atoms with van der Waals surface area (Å²) < 4.78 is 0. The summed E-state index contributed by atoms with van der Waals surface area (Å²) in [6.07, 6.45) is 13.6. The Labute approximate surface area is 137 Å². The van der Waals surface area contributed by atoms with Crippen LogP contribution in [0.4, 0.5) is 0 Å². The van der Waals surface area contributed by atoms with E-state index in [9.17, 15) is 4.79 Å². The highest BCUT2D eigenvalue weighted by molar-refractivity contribution is 5.87. The number of amides is 1. The summed E-state index contributed by atoms with van der Waals surface area (Å²) in [5.41, 5.74) is 0. The maximum Gasteiger partial charge on any atom is 0.246 e. The Bertz CT molecular complexity index is 315. The fourth-order valence-electron chi connectivity index (χ4n) is 3.35. The average molecular weight is 309 g/mol. The summed E-state index contributed by atoms with van der Waals surface area (Å²) in [5, 5.41) is 0. The normalized spacial score (nSPS) is 16.8. The number of piperidine rings is 1. The molecule has 1 aliphatic rings. The Hall–Kier alpha value is -0.830. The van der Waals surface area contributed by atoms with E-state index < -0.39 is 0 Å². The molecule has 0 spiro atoms. The van der Waals surface area contributed by atoms with Gasteiger partial charge in [0.2, 0.25) is 5.91 Å². The molecule has 0 atom stereocenters. The molecule has 128 valence electrons. The van der Waals surface area contributed by atoms with E-state index in [1.54, 1.807) is 6.08 Å². The smallest absolute Gasteiger partial charge is 0.246 e. The molecule has 3 heteroatoms. The third kappa shape index (κ3) is 6.95. The van der Waals surface area contributed by atoms with E-state index in [1.807, 2.05) is 4.90 Å². The van der Waals surface area contributed by atoms with Crippen LogP contribution in [0.1, 0.15) is 72.1 Å². The number of rotatable bonds is 10. The summed E-state index contributed by atoms with van der Waals surface area (Å²) in [7, 11) is 0. The second kappa shape index (κ2) is 11.7. The van der Waals surface area contributed by atoms with Gasteiger partial charge < -0.3 is 9.80 Å². The molecule has 0 radical (unpaired) electrons. The minimum absolute atomic E-state index is 0.214. The van der Waals surface area contributed by atoms with Crippen molar-refractivity contribution in [3.8, 4) is 0 Å². The topological polar surface area (TPSA) is 23.6 Å². The molecule has 0 bridgehead atoms. The molecule has 0 unspecified atom stereocenters. The van der Waals surface area contributed by atoms with Gasteiger partial charge in [-0.2, -0.15) is 0 Å². The SMILES string of the molecule is CCCCCCC/C=C/C(=O)N1CCC(N(CC)CC)CC1. The van der Waals surface area contributed by atoms with Crippen molar-refractivity contribution in [1.82, 2.24) is 9.80 Å². The van der Waals surface area contributed by atoms with E-state index in [0.717, 1.165) is 45.4 Å². The lowest BCUT2D eigenvalue weighted by atomic mass is 10.0. The maximum absolute atomic E-state index is 12.2. The molecule has 1 rings (SSSR count). The molecule has 0 aliphatic carbocycles. The highest BCUT2D eigenvalue weighted by atomic mass is 16.2. The van der Waals surface area contributed by atoms with Gasteiger partial charge in [-0.3, -0.25) is 4.79 Å². The van der Waals surface area contributed by atoms with Crippen LogP contribution in [-0.2, 0) is 4.79 Å². The Morgan fingerprint density at radius 2 is 1.68 bits per heavy atom. The van der Waals surface area contributed by atoms with E-state index in [2.05, 4.69) is 31.7 Å². The van der Waals surface area contributed by atoms with Crippen molar-refractivity contribution in [1.29, 1.82) is 0 Å². The van der Waals surface area contributed by atoms with Crippen LogP contribution in [0.5, 0.6) is 0 Å². The molecule has 0 N–H and O–H groups in total. The van der Waals surface area contributed by atoms with E-state index in [-0.39, 0.29) is 5.91 Å². The van der Waals surface area contributed by atoms with Crippen LogP contribution in [-0.4, -0.2) is 47.9 Å². The van der Waals surface area contributed by atoms with Gasteiger partial charge in [0, 0.05) is 19.1 Å². The van der Waals surface area contributed by atoms with Gasteiger partial charge in [-0.1, -0.05) is 52.5 Å². The monoisotopic (exact) mass is 308 g/mol. The molecule has 0 aromatic carbocycles. The molecule has 0 aromatic rings. The summed E-state index contributed by atoms with van der Waals surface area (Å²) in [6, 6.07) is 0.668. The van der Waals surface area contributed by atoms with Crippen molar-refractivity contribution in [3.05, 3.63) is 12.2 Å². The van der Waals surface area contributed by atoms with Gasteiger partial charge in [0.1, 0.15) is 0 Å². The number of unbranched alkanes of at least 4 members (excludes halogenated alkanes) is 5. The minimum atomic E-state index is 0.214. The predicted molar refractivity (Wildman–Crippen MR) is 95.0 cm³/mol. The predicted octanol–water partition coefficient (Wildman–Crippen LogP) is 4.24. The van der Waals surface area contributed by atoms with Crippen molar-refractivity contribution in [2.75, 3.05) is 26.2 Å². The Morgan fingerprint density at radius 3 is 2.27 bits per heavy atom. The van der Waals surface area contributed by atoms with Crippen LogP contribution < -0.4 is 0 Å². The Kier molecular flexibility index (Phi) is 10.2. The van der Waals surface area contributed by atoms with Gasteiger partial charge in [-0.05, 0) is 44.8 Å². The van der Waals surface area contributed by atoms with Gasteiger partial charge in [0.05, 0.1) is 0 Å². The number of carbonyl (C=O) groups is 1. The first-order valence-electron chi connectivity index (χ1n) is 9.42. The van der Waals surface area contributed by atoms with Gasteiger partial charge >= 0.3 is 0 Å². The average Bonchev–Trinajstić information content (AvgIpc) is 2.55. The Morgan fingerprint density at radius 1 is 1.05 bits per heavy atom. The zero-order valence-electron chi connectivity index (χ0n) is 15.0. The highest BCUT2D eigenvalue weighted by Crippen LogP contribution is 2.16. The number of nitrogens with zero attached hydrogens (tertiary/aromatic N) is 2. The van der Waals surface area contributed by atoms with Crippen LogP contribution >= 0.6 is 0 Å². The number of hydrogen-bond acceptors (Lipinski definition) is 2. The zero-order valence-corrected chi connectivity index (χ0v) is 15.0.